The van der Waals surface area contributed by atoms with E-state index in [1.807, 2.05) is 49.1 Å². The second kappa shape index (κ2) is 5.68. The first-order valence-electron chi connectivity index (χ1n) is 7.36. The van der Waals surface area contributed by atoms with Gasteiger partial charge in [0.05, 0.1) is 0 Å². The van der Waals surface area contributed by atoms with E-state index in [4.69, 9.17) is 4.52 Å². The highest BCUT2D eigenvalue weighted by Gasteiger charge is 2.34. The molecule has 1 amide bonds. The Morgan fingerprint density at radius 2 is 2.10 bits per heavy atom. The van der Waals surface area contributed by atoms with Gasteiger partial charge in [-0.3, -0.25) is 4.79 Å². The molecule has 3 rings (SSSR count). The van der Waals surface area contributed by atoms with E-state index in [2.05, 4.69) is 10.1 Å². The molecule has 1 aromatic heterocycles. The molecule has 21 heavy (non-hydrogen) atoms. The van der Waals surface area contributed by atoms with Crippen molar-refractivity contribution in [3.63, 3.8) is 0 Å². The van der Waals surface area contributed by atoms with Crippen molar-refractivity contribution in [1.29, 1.82) is 0 Å². The van der Waals surface area contributed by atoms with Gasteiger partial charge in [0.2, 0.25) is 17.6 Å². The molecule has 1 aromatic carbocycles. The molecule has 0 saturated carbocycles. The molecule has 110 valence electrons. The van der Waals surface area contributed by atoms with Crippen molar-refractivity contribution in [3.8, 4) is 11.4 Å². The van der Waals surface area contributed by atoms with Gasteiger partial charge in [0.15, 0.2) is 0 Å². The fraction of sp³-hybridized carbons (Fsp3) is 0.438. The molecule has 0 bridgehead atoms. The number of hydrogen-bond donors (Lipinski definition) is 0. The summed E-state index contributed by atoms with van der Waals surface area (Å²) in [5, 5.41) is 4.05. The predicted molar refractivity (Wildman–Crippen MR) is 78.3 cm³/mol. The third-order valence-electron chi connectivity index (χ3n) is 3.79. The maximum absolute atomic E-state index is 12.2. The smallest absolute Gasteiger partial charge is 0.249 e. The first-order chi connectivity index (χ1) is 10.2. The number of carbonyl (C=O) groups is 1. The maximum atomic E-state index is 12.2. The lowest BCUT2D eigenvalue weighted by Gasteiger charge is -2.23. The van der Waals surface area contributed by atoms with Gasteiger partial charge in [-0.1, -0.05) is 49.3 Å². The van der Waals surface area contributed by atoms with Gasteiger partial charge in [0.1, 0.15) is 6.04 Å². The van der Waals surface area contributed by atoms with E-state index in [-0.39, 0.29) is 17.9 Å². The number of likely N-dealkylation sites (tertiary alicyclic amines) is 1. The Kier molecular flexibility index (Phi) is 3.73. The molecule has 2 aromatic rings. The molecule has 0 unspecified atom stereocenters. The zero-order valence-electron chi connectivity index (χ0n) is 12.3. The zero-order valence-corrected chi connectivity index (χ0v) is 12.3. The summed E-state index contributed by atoms with van der Waals surface area (Å²) in [5.74, 6) is 1.26. The lowest BCUT2D eigenvalue weighted by atomic mass is 10.1. The van der Waals surface area contributed by atoms with Crippen LogP contribution in [0, 0.1) is 5.92 Å². The average Bonchev–Trinajstić information content (AvgIpc) is 3.16. The molecule has 1 aliphatic heterocycles. The second-order valence-corrected chi connectivity index (χ2v) is 5.67. The molecule has 1 saturated heterocycles. The van der Waals surface area contributed by atoms with Crippen LogP contribution in [0.1, 0.15) is 38.6 Å². The minimum absolute atomic E-state index is 0.0119. The van der Waals surface area contributed by atoms with Crippen LogP contribution in [0.5, 0.6) is 0 Å². The number of amides is 1. The van der Waals surface area contributed by atoms with E-state index in [1.165, 1.54) is 0 Å². The summed E-state index contributed by atoms with van der Waals surface area (Å²) in [4.78, 5) is 18.6. The maximum Gasteiger partial charge on any atom is 0.249 e. The predicted octanol–water partition coefficient (Wildman–Crippen LogP) is 3.06. The second-order valence-electron chi connectivity index (χ2n) is 5.67. The van der Waals surface area contributed by atoms with Crippen LogP contribution in [0.3, 0.4) is 0 Å². The van der Waals surface area contributed by atoms with E-state index < -0.39 is 0 Å². The summed E-state index contributed by atoms with van der Waals surface area (Å²) >= 11 is 0. The minimum Gasteiger partial charge on any atom is -0.337 e. The van der Waals surface area contributed by atoms with Crippen molar-refractivity contribution in [3.05, 3.63) is 36.2 Å². The summed E-state index contributed by atoms with van der Waals surface area (Å²) in [5.41, 5.74) is 0.923. The summed E-state index contributed by atoms with van der Waals surface area (Å²) in [6.07, 6.45) is 1.86. The quantitative estimate of drug-likeness (QED) is 0.869. The van der Waals surface area contributed by atoms with Crippen LogP contribution in [0.2, 0.25) is 0 Å². The van der Waals surface area contributed by atoms with Crippen molar-refractivity contribution < 1.29 is 9.32 Å². The van der Waals surface area contributed by atoms with Crippen LogP contribution in [0.25, 0.3) is 11.4 Å². The zero-order chi connectivity index (χ0) is 14.8. The SMILES string of the molecule is CC(C)C(=O)N1CCC[C@@H]1c1nc(-c2ccccc2)no1. The van der Waals surface area contributed by atoms with Crippen LogP contribution in [0.4, 0.5) is 0 Å². The summed E-state index contributed by atoms with van der Waals surface area (Å²) in [7, 11) is 0. The average molecular weight is 285 g/mol. The molecule has 5 heteroatoms. The van der Waals surface area contributed by atoms with Gasteiger partial charge in [0, 0.05) is 18.0 Å². The fourth-order valence-electron chi connectivity index (χ4n) is 2.69. The first kappa shape index (κ1) is 13.8. The van der Waals surface area contributed by atoms with E-state index in [9.17, 15) is 4.79 Å². The summed E-state index contributed by atoms with van der Waals surface area (Å²) in [6.45, 7) is 4.60. The van der Waals surface area contributed by atoms with E-state index >= 15 is 0 Å². The lowest BCUT2D eigenvalue weighted by Crippen LogP contribution is -2.33. The third kappa shape index (κ3) is 2.68. The van der Waals surface area contributed by atoms with Gasteiger partial charge in [-0.15, -0.1) is 0 Å². The van der Waals surface area contributed by atoms with Gasteiger partial charge in [-0.25, -0.2) is 0 Å². The molecule has 1 fully saturated rings. The standard InChI is InChI=1S/C16H19N3O2/c1-11(2)16(20)19-10-6-9-13(19)15-17-14(18-21-15)12-7-4-3-5-8-12/h3-5,7-8,11,13H,6,9-10H2,1-2H3/t13-/m1/s1. The molecule has 1 atom stereocenters. The van der Waals surface area contributed by atoms with Crippen LogP contribution in [-0.4, -0.2) is 27.5 Å². The monoisotopic (exact) mass is 285 g/mol. The Hall–Kier alpha value is -2.17. The van der Waals surface area contributed by atoms with Crippen molar-refractivity contribution >= 4 is 5.91 Å². The summed E-state index contributed by atoms with van der Waals surface area (Å²) < 4.78 is 5.41. The molecule has 0 N–H and O–H groups in total. The fourth-order valence-corrected chi connectivity index (χ4v) is 2.69. The van der Waals surface area contributed by atoms with Crippen LogP contribution in [-0.2, 0) is 4.79 Å². The van der Waals surface area contributed by atoms with Gasteiger partial charge in [-0.05, 0) is 12.8 Å². The molecule has 2 heterocycles. The Morgan fingerprint density at radius 3 is 2.81 bits per heavy atom. The number of carbonyl (C=O) groups excluding carboxylic acids is 1. The van der Waals surface area contributed by atoms with Crippen LogP contribution < -0.4 is 0 Å². The lowest BCUT2D eigenvalue weighted by molar-refractivity contribution is -0.135. The summed E-state index contributed by atoms with van der Waals surface area (Å²) in [6, 6.07) is 9.64. The Bertz CT molecular complexity index is 621. The third-order valence-corrected chi connectivity index (χ3v) is 3.79. The highest BCUT2D eigenvalue weighted by molar-refractivity contribution is 5.78. The number of aromatic nitrogens is 2. The number of nitrogens with zero attached hydrogens (tertiary/aromatic N) is 3. The van der Waals surface area contributed by atoms with Crippen LogP contribution >= 0.6 is 0 Å². The highest BCUT2D eigenvalue weighted by atomic mass is 16.5. The topological polar surface area (TPSA) is 59.2 Å². The van der Waals surface area contributed by atoms with E-state index in [1.54, 1.807) is 0 Å². The minimum atomic E-state index is -0.0788. The molecule has 0 radical (unpaired) electrons. The number of benzene rings is 1. The van der Waals surface area contributed by atoms with Crippen molar-refractivity contribution in [2.75, 3.05) is 6.54 Å². The van der Waals surface area contributed by atoms with Crippen molar-refractivity contribution in [2.45, 2.75) is 32.7 Å². The molecule has 5 nitrogen and oxygen atoms in total. The Labute approximate surface area is 124 Å². The van der Waals surface area contributed by atoms with Gasteiger partial charge < -0.3 is 9.42 Å². The molecule has 1 aliphatic rings. The first-order valence-corrected chi connectivity index (χ1v) is 7.36. The van der Waals surface area contributed by atoms with Gasteiger partial charge in [-0.2, -0.15) is 4.98 Å². The molecule has 0 spiro atoms. The van der Waals surface area contributed by atoms with E-state index in [0.717, 1.165) is 24.9 Å². The largest absolute Gasteiger partial charge is 0.337 e. The number of hydrogen-bond acceptors (Lipinski definition) is 4. The Balaban J connectivity index is 1.84. The number of rotatable bonds is 3. The highest BCUT2D eigenvalue weighted by Crippen LogP contribution is 2.32. The molecular weight excluding hydrogens is 266 g/mol. The molecule has 0 aliphatic carbocycles. The Morgan fingerprint density at radius 1 is 1.33 bits per heavy atom. The van der Waals surface area contributed by atoms with Crippen molar-refractivity contribution in [1.82, 2.24) is 15.0 Å². The van der Waals surface area contributed by atoms with Crippen LogP contribution in [0.15, 0.2) is 34.9 Å². The van der Waals surface area contributed by atoms with Gasteiger partial charge >= 0.3 is 0 Å². The molecular formula is C16H19N3O2. The van der Waals surface area contributed by atoms with Crippen molar-refractivity contribution in [2.24, 2.45) is 5.92 Å². The van der Waals surface area contributed by atoms with E-state index in [0.29, 0.717) is 11.7 Å². The van der Waals surface area contributed by atoms with Gasteiger partial charge in [0.25, 0.3) is 0 Å². The normalized spacial score (nSPS) is 18.4.